The zero-order valence-electron chi connectivity index (χ0n) is 22.2. The number of halogens is 1. The summed E-state index contributed by atoms with van der Waals surface area (Å²) >= 11 is 7.43. The number of carboxylic acid groups (broad SMARTS) is 2. The number of likely N-dealkylation sites (tertiary alicyclic amines) is 1. The molecule has 0 radical (unpaired) electrons. The van der Waals surface area contributed by atoms with E-state index < -0.39 is 11.9 Å². The molecule has 0 bridgehead atoms. The maximum atomic E-state index is 13.3. The van der Waals surface area contributed by atoms with Gasteiger partial charge in [0.25, 0.3) is 5.56 Å². The van der Waals surface area contributed by atoms with Gasteiger partial charge in [0, 0.05) is 34.7 Å². The minimum Gasteiger partial charge on any atom is -0.493 e. The first kappa shape index (κ1) is 29.8. The fraction of sp³-hybridized carbons (Fsp3) is 0.241. The van der Waals surface area contributed by atoms with Crippen molar-refractivity contribution in [2.75, 3.05) is 33.4 Å². The molecule has 0 unspecified atom stereocenters. The van der Waals surface area contributed by atoms with Crippen molar-refractivity contribution < 1.29 is 29.3 Å². The summed E-state index contributed by atoms with van der Waals surface area (Å²) in [5.74, 6) is -1.25. The second kappa shape index (κ2) is 13.9. The minimum absolute atomic E-state index is 0.116. The van der Waals surface area contributed by atoms with Crippen LogP contribution in [0.1, 0.15) is 12.8 Å². The lowest BCUT2D eigenvalue weighted by Gasteiger charge is -2.17. The number of ether oxygens (including phenoxy) is 2. The molecule has 2 aromatic heterocycles. The Labute approximate surface area is 244 Å². The van der Waals surface area contributed by atoms with Gasteiger partial charge in [-0.05, 0) is 61.8 Å². The third kappa shape index (κ3) is 7.94. The quantitative estimate of drug-likeness (QED) is 0.257. The van der Waals surface area contributed by atoms with E-state index in [4.69, 9.17) is 31.3 Å². The highest BCUT2D eigenvalue weighted by Gasteiger charge is 2.15. The van der Waals surface area contributed by atoms with Gasteiger partial charge in [-0.3, -0.25) is 14.3 Å². The summed E-state index contributed by atoms with van der Waals surface area (Å²) in [6.45, 7) is 3.78. The first-order chi connectivity index (χ1) is 19.7. The fourth-order valence-corrected chi connectivity index (χ4v) is 5.38. The smallest absolute Gasteiger partial charge is 0.328 e. The lowest BCUT2D eigenvalue weighted by Crippen LogP contribution is -2.25. The van der Waals surface area contributed by atoms with Crippen molar-refractivity contribution in [1.29, 1.82) is 0 Å². The van der Waals surface area contributed by atoms with E-state index in [1.807, 2.05) is 48.5 Å². The van der Waals surface area contributed by atoms with Crippen molar-refractivity contribution in [3.8, 4) is 27.6 Å². The molecule has 0 atom stereocenters. The molecule has 41 heavy (non-hydrogen) atoms. The molecule has 1 fully saturated rings. The molecule has 4 aromatic rings. The van der Waals surface area contributed by atoms with Crippen LogP contribution in [0, 0.1) is 0 Å². The van der Waals surface area contributed by atoms with Gasteiger partial charge >= 0.3 is 11.9 Å². The van der Waals surface area contributed by atoms with Crippen molar-refractivity contribution in [3.05, 3.63) is 82.4 Å². The van der Waals surface area contributed by atoms with Gasteiger partial charge in [0.15, 0.2) is 11.5 Å². The Balaban J connectivity index is 0.000000426. The molecule has 0 saturated carbocycles. The van der Waals surface area contributed by atoms with Crippen molar-refractivity contribution >= 4 is 45.1 Å². The topological polar surface area (TPSA) is 131 Å². The number of benzene rings is 2. The summed E-state index contributed by atoms with van der Waals surface area (Å²) in [4.78, 5) is 40.3. The van der Waals surface area contributed by atoms with Crippen LogP contribution in [-0.4, -0.2) is 70.0 Å². The van der Waals surface area contributed by atoms with Gasteiger partial charge in [-0.2, -0.15) is 0 Å². The van der Waals surface area contributed by atoms with Crippen molar-refractivity contribution in [2.45, 2.75) is 12.8 Å². The highest BCUT2D eigenvalue weighted by molar-refractivity contribution is 7.22. The van der Waals surface area contributed by atoms with E-state index in [9.17, 15) is 14.4 Å². The summed E-state index contributed by atoms with van der Waals surface area (Å²) in [7, 11) is 1.61. The number of hydrogen-bond donors (Lipinski definition) is 2. The van der Waals surface area contributed by atoms with E-state index in [0.717, 1.165) is 30.1 Å². The Morgan fingerprint density at radius 1 is 1.02 bits per heavy atom. The molecular formula is C29H28ClN3O7S. The Morgan fingerprint density at radius 3 is 2.34 bits per heavy atom. The SMILES string of the molecule is COc1cc(-n2cnc3cc(-c4ccc(Cl)cc4)sc3c2=O)ccc1OCCN1CCCC1.O=C(O)/C=C\C(=O)O. The molecule has 1 aliphatic rings. The van der Waals surface area contributed by atoms with Gasteiger partial charge in [0.05, 0.1) is 18.3 Å². The molecule has 214 valence electrons. The number of methoxy groups -OCH3 is 1. The largest absolute Gasteiger partial charge is 0.493 e. The van der Waals surface area contributed by atoms with Crippen LogP contribution < -0.4 is 15.0 Å². The van der Waals surface area contributed by atoms with Gasteiger partial charge in [-0.15, -0.1) is 11.3 Å². The number of rotatable bonds is 9. The average molecular weight is 598 g/mol. The van der Waals surface area contributed by atoms with Crippen LogP contribution in [0.2, 0.25) is 5.02 Å². The lowest BCUT2D eigenvalue weighted by atomic mass is 10.2. The van der Waals surface area contributed by atoms with Gasteiger partial charge in [-0.1, -0.05) is 23.7 Å². The molecule has 0 spiro atoms. The normalized spacial score (nSPS) is 13.2. The van der Waals surface area contributed by atoms with Crippen molar-refractivity contribution in [2.24, 2.45) is 0 Å². The van der Waals surface area contributed by atoms with E-state index in [1.54, 1.807) is 18.0 Å². The monoisotopic (exact) mass is 597 g/mol. The molecule has 3 heterocycles. The zero-order chi connectivity index (χ0) is 29.4. The molecule has 1 saturated heterocycles. The van der Waals surface area contributed by atoms with Crippen LogP contribution in [-0.2, 0) is 9.59 Å². The van der Waals surface area contributed by atoms with E-state index in [0.29, 0.717) is 51.2 Å². The average Bonchev–Trinajstić information content (AvgIpc) is 3.64. The standard InChI is InChI=1S/C25H24ClN3O3S.C4H4O4/c1-31-22-14-19(8-9-21(22)32-13-12-28-10-2-3-11-28)29-16-27-20-15-23(33-24(20)25(29)30)17-4-6-18(26)7-5-17;5-3(6)1-2-4(7)8/h4-9,14-16H,2-3,10-13H2,1H3;1-2H,(H,5,6)(H,7,8)/b;2-1-. The maximum absolute atomic E-state index is 13.3. The fourth-order valence-electron chi connectivity index (χ4n) is 4.21. The summed E-state index contributed by atoms with van der Waals surface area (Å²) in [5.41, 5.74) is 2.25. The number of carbonyl (C=O) groups is 2. The van der Waals surface area contributed by atoms with Crippen LogP contribution in [0.5, 0.6) is 11.5 Å². The van der Waals surface area contributed by atoms with E-state index in [2.05, 4.69) is 9.88 Å². The number of aliphatic carboxylic acids is 2. The first-order valence-corrected chi connectivity index (χ1v) is 13.9. The predicted molar refractivity (Wildman–Crippen MR) is 158 cm³/mol. The number of fused-ring (bicyclic) bond motifs is 1. The van der Waals surface area contributed by atoms with Crippen molar-refractivity contribution in [3.63, 3.8) is 0 Å². The zero-order valence-corrected chi connectivity index (χ0v) is 23.7. The van der Waals surface area contributed by atoms with Gasteiger partial charge in [0.2, 0.25) is 0 Å². The summed E-state index contributed by atoms with van der Waals surface area (Å²) in [6, 6.07) is 15.0. The Morgan fingerprint density at radius 2 is 1.71 bits per heavy atom. The third-order valence-electron chi connectivity index (χ3n) is 6.22. The molecule has 10 nitrogen and oxygen atoms in total. The molecule has 2 aromatic carbocycles. The van der Waals surface area contributed by atoms with Crippen LogP contribution in [0.3, 0.4) is 0 Å². The van der Waals surface area contributed by atoms with Crippen LogP contribution in [0.15, 0.2) is 71.8 Å². The number of thiophene rings is 1. The Hall–Kier alpha value is -4.19. The van der Waals surface area contributed by atoms with Gasteiger partial charge in [-0.25, -0.2) is 14.6 Å². The lowest BCUT2D eigenvalue weighted by molar-refractivity contribution is -0.134. The van der Waals surface area contributed by atoms with E-state index in [1.165, 1.54) is 24.2 Å². The Bertz CT molecular complexity index is 1590. The molecular weight excluding hydrogens is 570 g/mol. The Kier molecular flexibility index (Phi) is 10.1. The highest BCUT2D eigenvalue weighted by atomic mass is 35.5. The molecule has 5 rings (SSSR count). The van der Waals surface area contributed by atoms with E-state index in [-0.39, 0.29) is 5.56 Å². The molecule has 0 amide bonds. The number of nitrogens with zero attached hydrogens (tertiary/aromatic N) is 3. The van der Waals surface area contributed by atoms with Crippen LogP contribution in [0.25, 0.3) is 26.3 Å². The van der Waals surface area contributed by atoms with Crippen LogP contribution >= 0.6 is 22.9 Å². The second-order valence-electron chi connectivity index (χ2n) is 8.99. The van der Waals surface area contributed by atoms with Crippen molar-refractivity contribution in [1.82, 2.24) is 14.5 Å². The summed E-state index contributed by atoms with van der Waals surface area (Å²) < 4.78 is 13.7. The first-order valence-electron chi connectivity index (χ1n) is 12.7. The van der Waals surface area contributed by atoms with Gasteiger partial charge in [0.1, 0.15) is 17.6 Å². The van der Waals surface area contributed by atoms with E-state index >= 15 is 0 Å². The predicted octanol–water partition coefficient (Wildman–Crippen LogP) is 4.96. The van der Waals surface area contributed by atoms with Crippen LogP contribution in [0.4, 0.5) is 0 Å². The molecule has 0 aliphatic carbocycles. The second-order valence-corrected chi connectivity index (χ2v) is 10.5. The third-order valence-corrected chi connectivity index (χ3v) is 7.64. The maximum Gasteiger partial charge on any atom is 0.328 e. The minimum atomic E-state index is -1.26. The number of hydrogen-bond acceptors (Lipinski definition) is 8. The van der Waals surface area contributed by atoms with Gasteiger partial charge < -0.3 is 19.7 Å². The molecule has 1 aliphatic heterocycles. The molecule has 12 heteroatoms. The summed E-state index contributed by atoms with van der Waals surface area (Å²) in [6.07, 6.45) is 5.20. The summed E-state index contributed by atoms with van der Waals surface area (Å²) in [5, 5.41) is 16.3. The number of aromatic nitrogens is 2. The molecule has 2 N–H and O–H groups in total. The highest BCUT2D eigenvalue weighted by Crippen LogP contribution is 2.33. The number of carboxylic acids is 2.